The first-order chi connectivity index (χ1) is 10.9. The van der Waals surface area contributed by atoms with E-state index in [0.717, 1.165) is 25.7 Å². The van der Waals surface area contributed by atoms with E-state index in [1.807, 2.05) is 32.0 Å². The summed E-state index contributed by atoms with van der Waals surface area (Å²) in [5, 5.41) is 9.17. The lowest BCUT2D eigenvalue weighted by Gasteiger charge is -2.36. The topological polar surface area (TPSA) is 57.6 Å². The van der Waals surface area contributed by atoms with Gasteiger partial charge in [-0.15, -0.1) is 0 Å². The average molecular weight is 317 g/mol. The lowest BCUT2D eigenvalue weighted by atomic mass is 9.84. The summed E-state index contributed by atoms with van der Waals surface area (Å²) in [4.78, 5) is 25.7. The van der Waals surface area contributed by atoms with Crippen molar-refractivity contribution in [2.45, 2.75) is 46.0 Å². The summed E-state index contributed by atoms with van der Waals surface area (Å²) in [5.41, 5.74) is 0.856. The van der Waals surface area contributed by atoms with Gasteiger partial charge in [0, 0.05) is 18.5 Å². The molecule has 1 aliphatic rings. The summed E-state index contributed by atoms with van der Waals surface area (Å²) in [7, 11) is 0. The second kappa shape index (κ2) is 7.62. The van der Waals surface area contributed by atoms with E-state index in [0.29, 0.717) is 19.5 Å². The molecule has 1 saturated heterocycles. The van der Waals surface area contributed by atoms with Gasteiger partial charge in [-0.25, -0.2) is 0 Å². The van der Waals surface area contributed by atoms with Gasteiger partial charge in [0.05, 0.1) is 5.92 Å². The third kappa shape index (κ3) is 4.81. The highest BCUT2D eigenvalue weighted by molar-refractivity contribution is 5.82. The molecule has 0 bridgehead atoms. The molecule has 1 N–H and O–H groups in total. The summed E-state index contributed by atoms with van der Waals surface area (Å²) in [6.07, 6.45) is 4.19. The van der Waals surface area contributed by atoms with Crippen LogP contribution in [-0.4, -0.2) is 35.0 Å². The van der Waals surface area contributed by atoms with Crippen molar-refractivity contribution in [1.82, 2.24) is 4.90 Å². The predicted octanol–water partition coefficient (Wildman–Crippen LogP) is 3.36. The van der Waals surface area contributed by atoms with Gasteiger partial charge >= 0.3 is 5.97 Å². The van der Waals surface area contributed by atoms with Crippen LogP contribution >= 0.6 is 0 Å². The smallest absolute Gasteiger partial charge is 0.308 e. The maximum atomic E-state index is 12.8. The third-order valence-corrected chi connectivity index (χ3v) is 4.75. The van der Waals surface area contributed by atoms with Gasteiger partial charge in [-0.05, 0) is 37.7 Å². The number of carbonyl (C=O) groups is 2. The summed E-state index contributed by atoms with van der Waals surface area (Å²) < 4.78 is 0. The molecule has 1 amide bonds. The van der Waals surface area contributed by atoms with E-state index in [2.05, 4.69) is 12.1 Å². The van der Waals surface area contributed by atoms with Crippen molar-refractivity contribution in [1.29, 1.82) is 0 Å². The molecular weight excluding hydrogens is 290 g/mol. The number of nitrogens with zero attached hydrogens (tertiary/aromatic N) is 1. The fourth-order valence-electron chi connectivity index (χ4n) is 3.28. The number of hydrogen-bond donors (Lipinski definition) is 1. The Bertz CT molecular complexity index is 539. The zero-order valence-corrected chi connectivity index (χ0v) is 14.1. The highest BCUT2D eigenvalue weighted by atomic mass is 16.4. The summed E-state index contributed by atoms with van der Waals surface area (Å²) >= 11 is 0. The third-order valence-electron chi connectivity index (χ3n) is 4.75. The number of rotatable bonds is 6. The number of piperidine rings is 1. The summed E-state index contributed by atoms with van der Waals surface area (Å²) in [5.74, 6) is -1.10. The number of aliphatic carboxylic acids is 1. The molecule has 1 heterocycles. The van der Waals surface area contributed by atoms with Crippen molar-refractivity contribution >= 4 is 11.9 Å². The van der Waals surface area contributed by atoms with Crippen LogP contribution in [0, 0.1) is 11.3 Å². The van der Waals surface area contributed by atoms with Gasteiger partial charge in [0.15, 0.2) is 0 Å². The molecule has 126 valence electrons. The van der Waals surface area contributed by atoms with Crippen molar-refractivity contribution in [3.8, 4) is 0 Å². The minimum Gasteiger partial charge on any atom is -0.481 e. The van der Waals surface area contributed by atoms with Crippen molar-refractivity contribution in [2.24, 2.45) is 11.3 Å². The molecule has 1 aliphatic heterocycles. The zero-order chi connectivity index (χ0) is 16.9. The fourth-order valence-corrected chi connectivity index (χ4v) is 3.28. The first kappa shape index (κ1) is 17.5. The molecule has 0 aromatic heterocycles. The fraction of sp³-hybridized carbons (Fsp3) is 0.579. The first-order valence-electron chi connectivity index (χ1n) is 8.46. The standard InChI is InChI=1S/C19H27NO3/c1-19(2,12-6-10-15-8-4-3-5-9-15)18(23)20-13-7-11-16(14-20)17(21)22/h3-5,8-9,16H,6-7,10-14H2,1-2H3,(H,21,22). The van der Waals surface area contributed by atoms with Crippen LogP contribution in [0.5, 0.6) is 0 Å². The summed E-state index contributed by atoms with van der Waals surface area (Å²) in [6, 6.07) is 10.3. The zero-order valence-electron chi connectivity index (χ0n) is 14.1. The van der Waals surface area contributed by atoms with Crippen molar-refractivity contribution in [2.75, 3.05) is 13.1 Å². The molecule has 23 heavy (non-hydrogen) atoms. The van der Waals surface area contributed by atoms with Gasteiger partial charge in [-0.2, -0.15) is 0 Å². The van der Waals surface area contributed by atoms with Crippen LogP contribution in [0.3, 0.4) is 0 Å². The molecule has 1 fully saturated rings. The second-order valence-electron chi connectivity index (χ2n) is 7.15. The van der Waals surface area contributed by atoms with Crippen molar-refractivity contribution in [3.63, 3.8) is 0 Å². The summed E-state index contributed by atoms with van der Waals surface area (Å²) in [6.45, 7) is 5.00. The minimum absolute atomic E-state index is 0.0940. The number of hydrogen-bond acceptors (Lipinski definition) is 2. The van der Waals surface area contributed by atoms with E-state index in [1.165, 1.54) is 5.56 Å². The lowest BCUT2D eigenvalue weighted by molar-refractivity contribution is -0.149. The van der Waals surface area contributed by atoms with Crippen LogP contribution in [0.15, 0.2) is 30.3 Å². The number of carboxylic acids is 1. The highest BCUT2D eigenvalue weighted by Gasteiger charge is 2.35. The Kier molecular flexibility index (Phi) is 5.80. The Balaban J connectivity index is 1.87. The maximum Gasteiger partial charge on any atom is 0.308 e. The Morgan fingerprint density at radius 3 is 2.61 bits per heavy atom. The van der Waals surface area contributed by atoms with Crippen LogP contribution in [0.25, 0.3) is 0 Å². The molecule has 1 unspecified atom stereocenters. The van der Waals surface area contributed by atoms with Gasteiger partial charge in [-0.3, -0.25) is 9.59 Å². The quantitative estimate of drug-likeness (QED) is 0.875. The van der Waals surface area contributed by atoms with Crippen LogP contribution in [0.4, 0.5) is 0 Å². The normalized spacial score (nSPS) is 18.7. The molecule has 0 radical (unpaired) electrons. The van der Waals surface area contributed by atoms with Gasteiger partial charge in [0.25, 0.3) is 0 Å². The van der Waals surface area contributed by atoms with Crippen LogP contribution in [0.2, 0.25) is 0 Å². The van der Waals surface area contributed by atoms with Gasteiger partial charge in [-0.1, -0.05) is 44.2 Å². The molecule has 0 spiro atoms. The monoisotopic (exact) mass is 317 g/mol. The van der Waals surface area contributed by atoms with Crippen molar-refractivity contribution in [3.05, 3.63) is 35.9 Å². The van der Waals surface area contributed by atoms with E-state index in [4.69, 9.17) is 0 Å². The molecule has 0 aliphatic carbocycles. The maximum absolute atomic E-state index is 12.8. The lowest BCUT2D eigenvalue weighted by Crippen LogP contribution is -2.47. The molecule has 4 nitrogen and oxygen atoms in total. The van der Waals surface area contributed by atoms with Crippen LogP contribution in [0.1, 0.15) is 45.1 Å². The Morgan fingerprint density at radius 2 is 1.96 bits per heavy atom. The second-order valence-corrected chi connectivity index (χ2v) is 7.15. The molecule has 1 aromatic rings. The van der Waals surface area contributed by atoms with E-state index < -0.39 is 17.3 Å². The molecule has 0 saturated carbocycles. The molecule has 2 rings (SSSR count). The van der Waals surface area contributed by atoms with Gasteiger partial charge < -0.3 is 10.0 Å². The molecule has 1 aromatic carbocycles. The SMILES string of the molecule is CC(C)(CCCc1ccccc1)C(=O)N1CCCC(C(=O)O)C1. The number of aryl methyl sites for hydroxylation is 1. The van der Waals surface area contributed by atoms with E-state index in [-0.39, 0.29) is 5.91 Å². The number of benzene rings is 1. The Labute approximate surface area is 138 Å². The number of amides is 1. The first-order valence-corrected chi connectivity index (χ1v) is 8.46. The number of likely N-dealkylation sites (tertiary alicyclic amines) is 1. The number of carbonyl (C=O) groups excluding carboxylic acids is 1. The Morgan fingerprint density at radius 1 is 1.26 bits per heavy atom. The van der Waals surface area contributed by atoms with E-state index in [1.54, 1.807) is 4.90 Å². The predicted molar refractivity (Wildman–Crippen MR) is 90.1 cm³/mol. The van der Waals surface area contributed by atoms with E-state index >= 15 is 0 Å². The van der Waals surface area contributed by atoms with Crippen LogP contribution < -0.4 is 0 Å². The molecule has 4 heteroatoms. The number of carboxylic acid groups (broad SMARTS) is 1. The van der Waals surface area contributed by atoms with Crippen LogP contribution in [-0.2, 0) is 16.0 Å². The van der Waals surface area contributed by atoms with Gasteiger partial charge in [0.2, 0.25) is 5.91 Å². The molecular formula is C19H27NO3. The highest BCUT2D eigenvalue weighted by Crippen LogP contribution is 2.29. The largest absolute Gasteiger partial charge is 0.481 e. The van der Waals surface area contributed by atoms with Gasteiger partial charge in [0.1, 0.15) is 0 Å². The Hall–Kier alpha value is -1.84. The molecule has 1 atom stereocenters. The van der Waals surface area contributed by atoms with E-state index in [9.17, 15) is 14.7 Å². The minimum atomic E-state index is -0.788. The average Bonchev–Trinajstić information content (AvgIpc) is 2.55. The van der Waals surface area contributed by atoms with Crippen molar-refractivity contribution < 1.29 is 14.7 Å².